The number of nitrogen functional groups attached to an aromatic ring is 1. The van der Waals surface area contributed by atoms with Gasteiger partial charge in [-0.15, -0.1) is 6.42 Å². The second-order valence-corrected chi connectivity index (χ2v) is 5.33. The molecule has 0 fully saturated rings. The molecule has 21 heavy (non-hydrogen) atoms. The van der Waals surface area contributed by atoms with E-state index in [0.29, 0.717) is 12.4 Å². The highest BCUT2D eigenvalue weighted by Crippen LogP contribution is 2.31. The Labute approximate surface area is 125 Å². The van der Waals surface area contributed by atoms with Gasteiger partial charge in [-0.1, -0.05) is 19.8 Å². The topological polar surface area (TPSA) is 53.1 Å². The van der Waals surface area contributed by atoms with Crippen molar-refractivity contribution in [2.45, 2.75) is 33.2 Å². The summed E-state index contributed by atoms with van der Waals surface area (Å²) in [5.41, 5.74) is 9.06. The summed E-state index contributed by atoms with van der Waals surface area (Å²) in [6, 6.07) is 5.93. The van der Waals surface area contributed by atoms with Crippen molar-refractivity contribution in [1.29, 1.82) is 0 Å². The monoisotopic (exact) mass is 283 g/mol. The van der Waals surface area contributed by atoms with E-state index in [0.717, 1.165) is 28.4 Å². The van der Waals surface area contributed by atoms with Crippen LogP contribution >= 0.6 is 0 Å². The first-order valence-electron chi connectivity index (χ1n) is 6.94. The van der Waals surface area contributed by atoms with Gasteiger partial charge in [-0.2, -0.15) is 0 Å². The maximum Gasteiger partial charge on any atom is 0.132 e. The molecule has 0 bridgehead atoms. The van der Waals surface area contributed by atoms with Gasteiger partial charge in [-0.3, -0.25) is 0 Å². The molecule has 2 aromatic rings. The van der Waals surface area contributed by atoms with Crippen molar-refractivity contribution in [3.8, 4) is 29.4 Å². The minimum absolute atomic E-state index is 0.258. The predicted octanol–water partition coefficient (Wildman–Crippen LogP) is 3.21. The molecule has 0 unspecified atom stereocenters. The Balaban J connectivity index is 2.57. The first-order chi connectivity index (χ1) is 9.99. The fourth-order valence-corrected chi connectivity index (χ4v) is 2.42. The lowest BCUT2D eigenvalue weighted by Crippen LogP contribution is -2.07. The number of ether oxygens (including phenoxy) is 1. The number of nitrogens with zero attached hydrogens (tertiary/aromatic N) is 2. The zero-order valence-corrected chi connectivity index (χ0v) is 13.0. The van der Waals surface area contributed by atoms with Crippen LogP contribution in [0.15, 0.2) is 18.2 Å². The van der Waals surface area contributed by atoms with E-state index in [-0.39, 0.29) is 5.92 Å². The van der Waals surface area contributed by atoms with E-state index in [9.17, 15) is 0 Å². The predicted molar refractivity (Wildman–Crippen MR) is 86.3 cm³/mol. The summed E-state index contributed by atoms with van der Waals surface area (Å²) in [7, 11) is 1.66. The average molecular weight is 283 g/mol. The average Bonchev–Trinajstić information content (AvgIpc) is 2.77. The van der Waals surface area contributed by atoms with Crippen LogP contribution in [0.25, 0.3) is 11.3 Å². The van der Waals surface area contributed by atoms with Crippen LogP contribution in [0.2, 0.25) is 0 Å². The number of rotatable bonds is 4. The van der Waals surface area contributed by atoms with E-state index in [1.807, 2.05) is 29.7 Å². The number of methoxy groups -OCH3 is 1. The van der Waals surface area contributed by atoms with E-state index in [1.54, 1.807) is 7.11 Å². The Morgan fingerprint density at radius 2 is 2.14 bits per heavy atom. The lowest BCUT2D eigenvalue weighted by Gasteiger charge is -2.08. The molecule has 1 aromatic carbocycles. The van der Waals surface area contributed by atoms with Gasteiger partial charge in [0, 0.05) is 11.5 Å². The Morgan fingerprint density at radius 3 is 2.67 bits per heavy atom. The number of hydrogen-bond donors (Lipinski definition) is 1. The molecule has 0 aliphatic carbocycles. The van der Waals surface area contributed by atoms with E-state index in [1.165, 1.54) is 0 Å². The second-order valence-electron chi connectivity index (χ2n) is 5.33. The highest BCUT2D eigenvalue weighted by atomic mass is 16.5. The molecule has 0 spiro atoms. The summed E-state index contributed by atoms with van der Waals surface area (Å²) in [4.78, 5) is 4.70. The van der Waals surface area contributed by atoms with E-state index in [2.05, 4.69) is 19.8 Å². The molecule has 0 saturated carbocycles. The zero-order chi connectivity index (χ0) is 15.6. The number of nitrogens with two attached hydrogens (primary N) is 1. The van der Waals surface area contributed by atoms with Crippen LogP contribution < -0.4 is 10.5 Å². The molecule has 4 nitrogen and oxygen atoms in total. The summed E-state index contributed by atoms with van der Waals surface area (Å²) in [6.45, 7) is 6.59. The van der Waals surface area contributed by atoms with E-state index in [4.69, 9.17) is 21.9 Å². The first-order valence-corrected chi connectivity index (χ1v) is 6.94. The highest BCUT2D eigenvalue weighted by Gasteiger charge is 2.18. The molecule has 0 amide bonds. The quantitative estimate of drug-likeness (QED) is 0.877. The van der Waals surface area contributed by atoms with Crippen molar-refractivity contribution in [3.05, 3.63) is 29.6 Å². The molecule has 2 rings (SSSR count). The summed E-state index contributed by atoms with van der Waals surface area (Å²) >= 11 is 0. The standard InChI is InChI=1S/C17H21N3O/c1-6-9-20-16(18)15(19-17(20)11(2)3)13-7-8-14(21-5)12(4)10-13/h1,7-8,10-11H,9,18H2,2-5H3. The molecule has 1 aromatic heterocycles. The van der Waals surface area contributed by atoms with Gasteiger partial charge in [0.05, 0.1) is 13.7 Å². The van der Waals surface area contributed by atoms with Gasteiger partial charge in [-0.25, -0.2) is 4.98 Å². The maximum atomic E-state index is 6.25. The van der Waals surface area contributed by atoms with Gasteiger partial charge in [0.2, 0.25) is 0 Å². The van der Waals surface area contributed by atoms with Crippen LogP contribution in [0.3, 0.4) is 0 Å². The highest BCUT2D eigenvalue weighted by molar-refractivity contribution is 5.72. The third-order valence-corrected chi connectivity index (χ3v) is 3.47. The lowest BCUT2D eigenvalue weighted by molar-refractivity contribution is 0.412. The van der Waals surface area contributed by atoms with Crippen LogP contribution in [-0.2, 0) is 6.54 Å². The molecule has 4 heteroatoms. The number of imidazole rings is 1. The van der Waals surface area contributed by atoms with E-state index >= 15 is 0 Å². The number of anilines is 1. The van der Waals surface area contributed by atoms with Crippen LogP contribution in [0.5, 0.6) is 5.75 Å². The van der Waals surface area contributed by atoms with Crippen LogP contribution in [0.4, 0.5) is 5.82 Å². The first kappa shape index (κ1) is 15.0. The summed E-state index contributed by atoms with van der Waals surface area (Å²) in [5, 5.41) is 0. The number of terminal acetylenes is 1. The zero-order valence-electron chi connectivity index (χ0n) is 13.0. The lowest BCUT2D eigenvalue weighted by atomic mass is 10.1. The second kappa shape index (κ2) is 5.92. The van der Waals surface area contributed by atoms with Gasteiger partial charge in [-0.05, 0) is 30.7 Å². The van der Waals surface area contributed by atoms with Gasteiger partial charge in [0.1, 0.15) is 23.1 Å². The summed E-state index contributed by atoms with van der Waals surface area (Å²) < 4.78 is 7.19. The fraction of sp³-hybridized carbons (Fsp3) is 0.353. The largest absolute Gasteiger partial charge is 0.496 e. The Bertz CT molecular complexity index is 693. The molecule has 0 aliphatic heterocycles. The number of aromatic nitrogens is 2. The minimum atomic E-state index is 0.258. The van der Waals surface area contributed by atoms with Gasteiger partial charge in [0.15, 0.2) is 0 Å². The van der Waals surface area contributed by atoms with Crippen molar-refractivity contribution in [2.24, 2.45) is 0 Å². The third-order valence-electron chi connectivity index (χ3n) is 3.47. The minimum Gasteiger partial charge on any atom is -0.496 e. The molecule has 110 valence electrons. The van der Waals surface area contributed by atoms with Crippen molar-refractivity contribution >= 4 is 5.82 Å². The van der Waals surface area contributed by atoms with Crippen LogP contribution in [0, 0.1) is 19.3 Å². The smallest absolute Gasteiger partial charge is 0.132 e. The molecular formula is C17H21N3O. The van der Waals surface area contributed by atoms with Gasteiger partial charge in [0.25, 0.3) is 0 Å². The number of benzene rings is 1. The van der Waals surface area contributed by atoms with Crippen molar-refractivity contribution < 1.29 is 4.74 Å². The maximum absolute atomic E-state index is 6.25. The Kier molecular flexibility index (Phi) is 4.23. The normalized spacial score (nSPS) is 10.7. The molecular weight excluding hydrogens is 262 g/mol. The molecule has 0 radical (unpaired) electrons. The van der Waals surface area contributed by atoms with Crippen LogP contribution in [-0.4, -0.2) is 16.7 Å². The van der Waals surface area contributed by atoms with Crippen molar-refractivity contribution in [1.82, 2.24) is 9.55 Å². The number of hydrogen-bond acceptors (Lipinski definition) is 3. The van der Waals surface area contributed by atoms with E-state index < -0.39 is 0 Å². The molecule has 0 saturated heterocycles. The molecule has 0 atom stereocenters. The molecule has 1 heterocycles. The van der Waals surface area contributed by atoms with Crippen molar-refractivity contribution in [2.75, 3.05) is 12.8 Å². The Hall–Kier alpha value is -2.41. The number of aryl methyl sites for hydroxylation is 1. The van der Waals surface area contributed by atoms with Crippen LogP contribution in [0.1, 0.15) is 31.2 Å². The fourth-order valence-electron chi connectivity index (χ4n) is 2.42. The molecule has 2 N–H and O–H groups in total. The van der Waals surface area contributed by atoms with Gasteiger partial charge >= 0.3 is 0 Å². The third kappa shape index (κ3) is 2.73. The van der Waals surface area contributed by atoms with Crippen molar-refractivity contribution in [3.63, 3.8) is 0 Å². The summed E-state index contributed by atoms with van der Waals surface area (Å²) in [5.74, 6) is 5.27. The Morgan fingerprint density at radius 1 is 1.43 bits per heavy atom. The summed E-state index contributed by atoms with van der Waals surface area (Å²) in [6.07, 6.45) is 5.44. The van der Waals surface area contributed by atoms with Gasteiger partial charge < -0.3 is 15.0 Å². The SMILES string of the molecule is C#CCn1c(C(C)C)nc(-c2ccc(OC)c(C)c2)c1N. The molecule has 0 aliphatic rings.